The van der Waals surface area contributed by atoms with E-state index in [1.165, 1.54) is 18.9 Å². The molecule has 7 nitrogen and oxygen atoms in total. The number of nitrogens with one attached hydrogen (secondary N) is 2. The van der Waals surface area contributed by atoms with Gasteiger partial charge in [-0.1, -0.05) is 12.8 Å². The highest BCUT2D eigenvalue weighted by atomic mass is 16.6. The van der Waals surface area contributed by atoms with E-state index in [-0.39, 0.29) is 18.2 Å². The summed E-state index contributed by atoms with van der Waals surface area (Å²) in [4.78, 5) is 21.9. The Kier molecular flexibility index (Phi) is 3.17. The zero-order valence-electron chi connectivity index (χ0n) is 10.8. The summed E-state index contributed by atoms with van der Waals surface area (Å²) in [6.45, 7) is 0.581. The monoisotopic (exact) mass is 277 g/mol. The van der Waals surface area contributed by atoms with E-state index in [1.807, 2.05) is 0 Å². The van der Waals surface area contributed by atoms with E-state index in [1.54, 1.807) is 6.07 Å². The molecule has 106 valence electrons. The molecule has 1 saturated carbocycles. The maximum Gasteiger partial charge on any atom is 0.296 e. The Morgan fingerprint density at radius 2 is 2.25 bits per heavy atom. The fourth-order valence-corrected chi connectivity index (χ4v) is 2.23. The summed E-state index contributed by atoms with van der Waals surface area (Å²) in [6.07, 6.45) is 3.51. The first-order valence-corrected chi connectivity index (χ1v) is 6.62. The van der Waals surface area contributed by atoms with Gasteiger partial charge in [0.2, 0.25) is 0 Å². The second-order valence-corrected chi connectivity index (χ2v) is 5.12. The minimum atomic E-state index is -0.445. The average molecular weight is 277 g/mol. The third-order valence-electron chi connectivity index (χ3n) is 3.49. The van der Waals surface area contributed by atoms with E-state index in [0.29, 0.717) is 23.7 Å². The second kappa shape index (κ2) is 4.99. The van der Waals surface area contributed by atoms with Gasteiger partial charge < -0.3 is 15.4 Å². The molecule has 0 unspecified atom stereocenters. The predicted octanol–water partition coefficient (Wildman–Crippen LogP) is 2.14. The number of carbonyl (C=O) groups is 1. The van der Waals surface area contributed by atoms with Gasteiger partial charge in [-0.15, -0.1) is 0 Å². The molecule has 0 radical (unpaired) electrons. The van der Waals surface area contributed by atoms with Crippen LogP contribution in [0.1, 0.15) is 19.3 Å². The van der Waals surface area contributed by atoms with Gasteiger partial charge in [0, 0.05) is 6.54 Å². The third-order valence-corrected chi connectivity index (χ3v) is 3.49. The van der Waals surface area contributed by atoms with Crippen LogP contribution in [-0.4, -0.2) is 24.0 Å². The SMILES string of the molecule is O=C1COc2cc([N+](=O)[O-])c(NCCC3CC3)cc2N1. The number of anilines is 2. The Hall–Kier alpha value is -2.31. The molecule has 0 bridgehead atoms. The van der Waals surface area contributed by atoms with Crippen molar-refractivity contribution in [2.24, 2.45) is 5.92 Å². The number of amides is 1. The number of ether oxygens (including phenoxy) is 1. The first-order valence-electron chi connectivity index (χ1n) is 6.62. The second-order valence-electron chi connectivity index (χ2n) is 5.12. The van der Waals surface area contributed by atoms with E-state index < -0.39 is 4.92 Å². The summed E-state index contributed by atoms with van der Waals surface area (Å²) < 4.78 is 5.19. The van der Waals surface area contributed by atoms with E-state index in [0.717, 1.165) is 12.3 Å². The van der Waals surface area contributed by atoms with Crippen molar-refractivity contribution in [3.63, 3.8) is 0 Å². The van der Waals surface area contributed by atoms with Crippen molar-refractivity contribution >= 4 is 23.0 Å². The van der Waals surface area contributed by atoms with Gasteiger partial charge in [0.15, 0.2) is 12.4 Å². The molecular weight excluding hydrogens is 262 g/mol. The highest BCUT2D eigenvalue weighted by Gasteiger charge is 2.24. The summed E-state index contributed by atoms with van der Waals surface area (Å²) in [5.74, 6) is 0.835. The summed E-state index contributed by atoms with van der Waals surface area (Å²) in [7, 11) is 0. The number of fused-ring (bicyclic) bond motifs is 1. The van der Waals surface area contributed by atoms with Gasteiger partial charge in [-0.2, -0.15) is 0 Å². The first-order chi connectivity index (χ1) is 9.63. The van der Waals surface area contributed by atoms with Gasteiger partial charge in [0.1, 0.15) is 5.69 Å². The Morgan fingerprint density at radius 3 is 2.95 bits per heavy atom. The lowest BCUT2D eigenvalue weighted by molar-refractivity contribution is -0.384. The quantitative estimate of drug-likeness (QED) is 0.635. The van der Waals surface area contributed by atoms with Crippen molar-refractivity contribution < 1.29 is 14.5 Å². The Bertz CT molecular complexity index is 569. The molecule has 1 amide bonds. The van der Waals surface area contributed by atoms with E-state index in [4.69, 9.17) is 4.74 Å². The van der Waals surface area contributed by atoms with Gasteiger partial charge in [-0.25, -0.2) is 0 Å². The molecule has 0 atom stereocenters. The van der Waals surface area contributed by atoms with E-state index in [9.17, 15) is 14.9 Å². The normalized spacial score (nSPS) is 16.9. The van der Waals surface area contributed by atoms with Gasteiger partial charge in [-0.05, 0) is 18.4 Å². The fourth-order valence-electron chi connectivity index (χ4n) is 2.23. The average Bonchev–Trinajstić information content (AvgIpc) is 3.21. The highest BCUT2D eigenvalue weighted by Crippen LogP contribution is 2.38. The highest BCUT2D eigenvalue weighted by molar-refractivity contribution is 5.96. The van der Waals surface area contributed by atoms with E-state index in [2.05, 4.69) is 10.6 Å². The summed E-state index contributed by atoms with van der Waals surface area (Å²) in [5.41, 5.74) is 0.858. The number of benzene rings is 1. The maximum absolute atomic E-state index is 11.3. The summed E-state index contributed by atoms with van der Waals surface area (Å²) in [5, 5.41) is 16.8. The lowest BCUT2D eigenvalue weighted by Gasteiger charge is -2.19. The molecule has 1 aliphatic heterocycles. The van der Waals surface area contributed by atoms with Crippen LogP contribution in [0.3, 0.4) is 0 Å². The van der Waals surface area contributed by atoms with Gasteiger partial charge in [0.05, 0.1) is 16.7 Å². The lowest BCUT2D eigenvalue weighted by atomic mass is 10.2. The number of nitro benzene ring substituents is 1. The van der Waals surface area contributed by atoms with Crippen LogP contribution < -0.4 is 15.4 Å². The molecule has 7 heteroatoms. The van der Waals surface area contributed by atoms with Gasteiger partial charge in [-0.3, -0.25) is 14.9 Å². The zero-order valence-corrected chi connectivity index (χ0v) is 10.8. The fraction of sp³-hybridized carbons (Fsp3) is 0.462. The first kappa shape index (κ1) is 12.7. The molecule has 1 aliphatic carbocycles. The summed E-state index contributed by atoms with van der Waals surface area (Å²) >= 11 is 0. The molecular formula is C13H15N3O4. The topological polar surface area (TPSA) is 93.5 Å². The predicted molar refractivity (Wildman–Crippen MR) is 73.1 cm³/mol. The molecule has 0 aromatic heterocycles. The van der Waals surface area contributed by atoms with Crippen molar-refractivity contribution in [2.75, 3.05) is 23.8 Å². The Labute approximate surface area is 115 Å². The molecule has 2 aliphatic rings. The lowest BCUT2D eigenvalue weighted by Crippen LogP contribution is -2.25. The van der Waals surface area contributed by atoms with Crippen LogP contribution in [0, 0.1) is 16.0 Å². The zero-order chi connectivity index (χ0) is 14.1. The Balaban J connectivity index is 1.82. The minimum absolute atomic E-state index is 0.0318. The molecule has 1 fully saturated rings. The molecule has 0 spiro atoms. The standard InChI is InChI=1S/C13H15N3O4/c17-13-7-20-12-6-11(16(18)19)9(5-10(12)15-13)14-4-3-8-1-2-8/h5-6,8,14H,1-4,7H2,(H,15,17). The third kappa shape index (κ3) is 2.66. The smallest absolute Gasteiger partial charge is 0.296 e. The number of hydrogen-bond acceptors (Lipinski definition) is 5. The van der Waals surface area contributed by atoms with Crippen LogP contribution >= 0.6 is 0 Å². The van der Waals surface area contributed by atoms with Crippen LogP contribution in [0.4, 0.5) is 17.1 Å². The van der Waals surface area contributed by atoms with E-state index >= 15 is 0 Å². The molecule has 1 aromatic rings. The molecule has 20 heavy (non-hydrogen) atoms. The van der Waals surface area contributed by atoms with Crippen molar-refractivity contribution in [1.82, 2.24) is 0 Å². The van der Waals surface area contributed by atoms with Crippen molar-refractivity contribution in [2.45, 2.75) is 19.3 Å². The van der Waals surface area contributed by atoms with Crippen molar-refractivity contribution in [3.05, 3.63) is 22.2 Å². The summed E-state index contributed by atoms with van der Waals surface area (Å²) in [6, 6.07) is 2.92. The number of nitrogens with zero attached hydrogens (tertiary/aromatic N) is 1. The molecule has 2 N–H and O–H groups in total. The van der Waals surface area contributed by atoms with Crippen molar-refractivity contribution in [3.8, 4) is 5.75 Å². The van der Waals surface area contributed by atoms with Crippen molar-refractivity contribution in [1.29, 1.82) is 0 Å². The molecule has 0 saturated heterocycles. The number of carbonyl (C=O) groups excluding carboxylic acids is 1. The largest absolute Gasteiger partial charge is 0.481 e. The molecule has 1 aromatic carbocycles. The van der Waals surface area contributed by atoms with Crippen LogP contribution in [0.15, 0.2) is 12.1 Å². The molecule has 3 rings (SSSR count). The van der Waals surface area contributed by atoms with Crippen LogP contribution in [0.25, 0.3) is 0 Å². The van der Waals surface area contributed by atoms with Crippen LogP contribution in [0.5, 0.6) is 5.75 Å². The maximum atomic E-state index is 11.3. The van der Waals surface area contributed by atoms with Crippen LogP contribution in [-0.2, 0) is 4.79 Å². The van der Waals surface area contributed by atoms with Crippen LogP contribution in [0.2, 0.25) is 0 Å². The van der Waals surface area contributed by atoms with Gasteiger partial charge in [0.25, 0.3) is 11.6 Å². The number of hydrogen-bond donors (Lipinski definition) is 2. The Morgan fingerprint density at radius 1 is 1.45 bits per heavy atom. The minimum Gasteiger partial charge on any atom is -0.481 e. The number of nitro groups is 1. The number of rotatable bonds is 5. The van der Waals surface area contributed by atoms with Gasteiger partial charge >= 0.3 is 0 Å². The molecule has 1 heterocycles.